The summed E-state index contributed by atoms with van der Waals surface area (Å²) in [7, 11) is 0. The molecule has 4 nitrogen and oxygen atoms in total. The second kappa shape index (κ2) is 6.19. The minimum Gasteiger partial charge on any atom is -0.491 e. The number of carbonyl (C=O) groups is 1. The molecule has 0 aromatic heterocycles. The Balaban J connectivity index is 2.86. The van der Waals surface area contributed by atoms with Gasteiger partial charge in [0.25, 0.3) is 0 Å². The molecule has 0 spiro atoms. The van der Waals surface area contributed by atoms with Crippen LogP contribution in [0.2, 0.25) is 0 Å². The van der Waals surface area contributed by atoms with Crippen molar-refractivity contribution in [2.24, 2.45) is 0 Å². The smallest absolute Gasteiger partial charge is 0.322 e. The number of ether oxygens (including phenoxy) is 1. The van der Waals surface area contributed by atoms with Gasteiger partial charge in [-0.15, -0.1) is 0 Å². The van der Waals surface area contributed by atoms with Crippen molar-refractivity contribution < 1.29 is 13.9 Å². The molecule has 0 unspecified atom stereocenters. The van der Waals surface area contributed by atoms with Gasteiger partial charge in [0.05, 0.1) is 6.61 Å². The maximum absolute atomic E-state index is 13.8. The molecule has 102 valence electrons. The van der Waals surface area contributed by atoms with E-state index in [2.05, 4.69) is 5.32 Å². The number of nitrogens with zero attached hydrogens (tertiary/aromatic N) is 1. The molecule has 1 aromatic carbocycles. The van der Waals surface area contributed by atoms with Gasteiger partial charge >= 0.3 is 5.91 Å². The van der Waals surface area contributed by atoms with E-state index in [0.717, 1.165) is 5.56 Å². The molecule has 1 rings (SSSR count). The first-order valence-corrected chi connectivity index (χ1v) is 6.01. The fraction of sp³-hybridized carbons (Fsp3) is 0.429. The molecule has 1 amide bonds. The van der Waals surface area contributed by atoms with Crippen molar-refractivity contribution in [1.82, 2.24) is 5.32 Å². The molecule has 5 heteroatoms. The lowest BCUT2D eigenvalue weighted by Gasteiger charge is -2.25. The van der Waals surface area contributed by atoms with Gasteiger partial charge in [0, 0.05) is 12.0 Å². The summed E-state index contributed by atoms with van der Waals surface area (Å²) in [5, 5.41) is 10.9. The number of benzene rings is 1. The maximum atomic E-state index is 13.8. The van der Waals surface area contributed by atoms with Gasteiger partial charge in [-0.2, -0.15) is 5.26 Å². The normalized spacial score (nSPS) is 10.7. The number of nitriles is 1. The molecule has 1 aromatic rings. The van der Waals surface area contributed by atoms with Crippen molar-refractivity contribution in [3.05, 3.63) is 29.6 Å². The fourth-order valence-electron chi connectivity index (χ4n) is 1.64. The average molecular weight is 264 g/mol. The van der Waals surface area contributed by atoms with Crippen LogP contribution < -0.4 is 10.1 Å². The second-order valence-electron chi connectivity index (χ2n) is 4.76. The Bertz CT molecular complexity index is 507. The summed E-state index contributed by atoms with van der Waals surface area (Å²) >= 11 is 0. The Morgan fingerprint density at radius 2 is 2.21 bits per heavy atom. The third-order valence-electron chi connectivity index (χ3n) is 2.81. The highest BCUT2D eigenvalue weighted by molar-refractivity contribution is 5.91. The van der Waals surface area contributed by atoms with Crippen molar-refractivity contribution in [3.63, 3.8) is 0 Å². The third kappa shape index (κ3) is 3.95. The van der Waals surface area contributed by atoms with Gasteiger partial charge in [0.1, 0.15) is 0 Å². The molecule has 1 N–H and O–H groups in total. The lowest BCUT2D eigenvalue weighted by molar-refractivity contribution is -0.116. The van der Waals surface area contributed by atoms with Crippen LogP contribution in [0.1, 0.15) is 26.3 Å². The van der Waals surface area contributed by atoms with Crippen molar-refractivity contribution in [3.8, 4) is 11.8 Å². The second-order valence-corrected chi connectivity index (χ2v) is 4.76. The van der Waals surface area contributed by atoms with Crippen molar-refractivity contribution >= 4 is 5.91 Å². The van der Waals surface area contributed by atoms with Gasteiger partial charge in [-0.3, -0.25) is 4.79 Å². The fourth-order valence-corrected chi connectivity index (χ4v) is 1.64. The quantitative estimate of drug-likeness (QED) is 0.829. The van der Waals surface area contributed by atoms with Crippen LogP contribution in [0.25, 0.3) is 0 Å². The van der Waals surface area contributed by atoms with Crippen LogP contribution >= 0.6 is 0 Å². The summed E-state index contributed by atoms with van der Waals surface area (Å²) in [6.45, 7) is 6.17. The Morgan fingerprint density at radius 1 is 1.53 bits per heavy atom. The first kappa shape index (κ1) is 15.0. The highest BCUT2D eigenvalue weighted by Crippen LogP contribution is 2.27. The molecule has 0 radical (unpaired) electrons. The van der Waals surface area contributed by atoms with Gasteiger partial charge in [0.2, 0.25) is 0 Å². The molecule has 0 saturated heterocycles. The monoisotopic (exact) mass is 264 g/mol. The van der Waals surface area contributed by atoms with Crippen molar-refractivity contribution in [2.75, 3.05) is 13.2 Å². The van der Waals surface area contributed by atoms with E-state index in [1.807, 2.05) is 13.8 Å². The largest absolute Gasteiger partial charge is 0.491 e. The van der Waals surface area contributed by atoms with E-state index in [-0.39, 0.29) is 12.3 Å². The summed E-state index contributed by atoms with van der Waals surface area (Å²) in [6, 6.07) is 6.20. The van der Waals surface area contributed by atoms with E-state index in [1.54, 1.807) is 19.1 Å². The summed E-state index contributed by atoms with van der Waals surface area (Å²) < 4.78 is 18.9. The molecule has 0 heterocycles. The topological polar surface area (TPSA) is 62.1 Å². The van der Waals surface area contributed by atoms with Crippen LogP contribution in [-0.4, -0.2) is 19.1 Å². The minimum atomic E-state index is -0.695. The van der Waals surface area contributed by atoms with Crippen molar-refractivity contribution in [2.45, 2.75) is 26.2 Å². The third-order valence-corrected chi connectivity index (χ3v) is 2.81. The molecule has 0 aliphatic carbocycles. The zero-order chi connectivity index (χ0) is 14.5. The molecular weight excluding hydrogens is 247 g/mol. The van der Waals surface area contributed by atoms with Gasteiger partial charge in [-0.1, -0.05) is 19.9 Å². The molecule has 0 aliphatic heterocycles. The number of rotatable bonds is 5. The Hall–Kier alpha value is -2.09. The molecule has 0 aliphatic rings. The van der Waals surface area contributed by atoms with Gasteiger partial charge in [-0.05, 0) is 24.6 Å². The minimum absolute atomic E-state index is 0.211. The Labute approximate surface area is 112 Å². The number of amides is 1. The van der Waals surface area contributed by atoms with E-state index in [1.165, 1.54) is 12.1 Å². The maximum Gasteiger partial charge on any atom is 0.322 e. The standard InChI is InChI=1S/C14H17FN2O2/c1-4-19-12-6-5-10(7-11(12)15)14(2,3)9-17-13(18)8-16/h5-7H,4,9H2,1-3H3,(H,17,18). The Morgan fingerprint density at radius 3 is 2.74 bits per heavy atom. The van der Waals surface area contributed by atoms with Gasteiger partial charge in [-0.25, -0.2) is 4.39 Å². The van der Waals surface area contributed by atoms with Crippen LogP contribution in [-0.2, 0) is 10.2 Å². The first-order valence-electron chi connectivity index (χ1n) is 6.01. The van der Waals surface area contributed by atoms with Crippen LogP contribution in [0.3, 0.4) is 0 Å². The molecule has 0 bridgehead atoms. The summed E-state index contributed by atoms with van der Waals surface area (Å²) in [5.41, 5.74) is 0.254. The molecule has 0 atom stereocenters. The number of hydrogen-bond acceptors (Lipinski definition) is 3. The highest BCUT2D eigenvalue weighted by Gasteiger charge is 2.22. The summed E-state index contributed by atoms with van der Waals surface area (Å²) in [6.07, 6.45) is 0. The summed E-state index contributed by atoms with van der Waals surface area (Å²) in [4.78, 5) is 10.9. The zero-order valence-electron chi connectivity index (χ0n) is 11.3. The van der Waals surface area contributed by atoms with Crippen LogP contribution in [0.5, 0.6) is 5.75 Å². The van der Waals surface area contributed by atoms with Gasteiger partial charge < -0.3 is 10.1 Å². The molecule has 0 fully saturated rings. The predicted molar refractivity (Wildman–Crippen MR) is 69.2 cm³/mol. The van der Waals surface area contributed by atoms with E-state index in [9.17, 15) is 9.18 Å². The number of nitrogens with one attached hydrogen (secondary N) is 1. The van der Waals surface area contributed by atoms with E-state index in [4.69, 9.17) is 10.00 Å². The number of hydrogen-bond donors (Lipinski definition) is 1. The lowest BCUT2D eigenvalue weighted by Crippen LogP contribution is -2.36. The van der Waals surface area contributed by atoms with E-state index in [0.29, 0.717) is 6.61 Å². The SMILES string of the molecule is CCOc1ccc(C(C)(C)CNC(=O)C#N)cc1F. The van der Waals surface area contributed by atoms with Crippen molar-refractivity contribution in [1.29, 1.82) is 5.26 Å². The first-order chi connectivity index (χ1) is 8.90. The number of carbonyl (C=O) groups excluding carboxylic acids is 1. The van der Waals surface area contributed by atoms with E-state index < -0.39 is 17.1 Å². The summed E-state index contributed by atoms with van der Waals surface area (Å²) in [5.74, 6) is -0.915. The molecular formula is C14H17FN2O2. The predicted octanol–water partition coefficient (Wildman–Crippen LogP) is 2.14. The van der Waals surface area contributed by atoms with Crippen LogP contribution in [0, 0.1) is 17.1 Å². The van der Waals surface area contributed by atoms with Crippen LogP contribution in [0.15, 0.2) is 18.2 Å². The van der Waals surface area contributed by atoms with Crippen LogP contribution in [0.4, 0.5) is 4.39 Å². The average Bonchev–Trinajstić information content (AvgIpc) is 2.38. The molecule has 0 saturated carbocycles. The lowest BCUT2D eigenvalue weighted by atomic mass is 9.84. The highest BCUT2D eigenvalue weighted by atomic mass is 19.1. The van der Waals surface area contributed by atoms with Gasteiger partial charge in [0.15, 0.2) is 17.6 Å². The number of halogens is 1. The van der Waals surface area contributed by atoms with E-state index >= 15 is 0 Å². The molecule has 19 heavy (non-hydrogen) atoms. The zero-order valence-corrected chi connectivity index (χ0v) is 11.3. The Kier molecular flexibility index (Phi) is 4.87.